The molecule has 318 valence electrons. The lowest BCUT2D eigenvalue weighted by Crippen LogP contribution is -2.64. The highest BCUT2D eigenvalue weighted by Crippen LogP contribution is 2.23. The average molecular weight is 811 g/mol. The van der Waals surface area contributed by atoms with Crippen LogP contribution in [0.15, 0.2) is 0 Å². The molecule has 0 saturated carbocycles. The number of carbonyl (C=O) groups excluding carboxylic acids is 6. The lowest BCUT2D eigenvalue weighted by molar-refractivity contribution is -0.264. The Labute approximate surface area is 326 Å². The molecule has 1 fully saturated rings. The fourth-order valence-corrected chi connectivity index (χ4v) is 5.72. The van der Waals surface area contributed by atoms with Crippen molar-refractivity contribution in [3.8, 4) is 0 Å². The molecule has 1 aliphatic rings. The maximum Gasteiger partial charge on any atom is 0.222 e. The molecule has 0 aromatic heterocycles. The molecule has 55 heavy (non-hydrogen) atoms. The molecule has 1 aliphatic heterocycles. The molecule has 0 aromatic rings. The normalized spacial score (nSPS) is 19.6. The molecule has 0 aliphatic carbocycles. The van der Waals surface area contributed by atoms with Gasteiger partial charge in [-0.15, -0.1) is 11.8 Å². The number of aliphatic hydroxyl groups is 3. The first kappa shape index (κ1) is 49.9. The summed E-state index contributed by atoms with van der Waals surface area (Å²) in [6.07, 6.45) is -4.66. The Hall–Kier alpha value is -3.15. The number of rotatable bonds is 30. The van der Waals surface area contributed by atoms with Gasteiger partial charge in [-0.05, 0) is 27.2 Å². The van der Waals surface area contributed by atoms with E-state index < -0.39 is 54.6 Å². The van der Waals surface area contributed by atoms with Crippen molar-refractivity contribution in [2.75, 3.05) is 77.7 Å². The van der Waals surface area contributed by atoms with Gasteiger partial charge in [-0.1, -0.05) is 0 Å². The second-order valence-electron chi connectivity index (χ2n) is 12.6. The Morgan fingerprint density at radius 1 is 0.691 bits per heavy atom. The maximum atomic E-state index is 13.1. The van der Waals surface area contributed by atoms with E-state index in [0.717, 1.165) is 11.8 Å². The van der Waals surface area contributed by atoms with Gasteiger partial charge in [0.2, 0.25) is 35.4 Å². The van der Waals surface area contributed by atoms with Gasteiger partial charge in [-0.25, -0.2) is 0 Å². The fraction of sp³-hybridized carbons (Fsp3) is 0.824. The minimum Gasteiger partial charge on any atom is -0.394 e. The Morgan fingerprint density at radius 2 is 1.16 bits per heavy atom. The summed E-state index contributed by atoms with van der Waals surface area (Å²) in [5.74, 6) is -1.78. The fourth-order valence-electron chi connectivity index (χ4n) is 5.14. The zero-order valence-corrected chi connectivity index (χ0v) is 33.2. The standard InChI is InChI=1S/C34H62N6O14S/c1-5-35-25(43)9-8-10-29(47)40-34(18-50-14-11-26(44)36-6-2,19-51-15-12-27(45)37-7-3)20-52-16-13-28(46)38-21-55-22-53-33-30(39-23(4)42)32(49)31(48)24(17-41)54-33/h24,30-33,41,48-49H,5-22H2,1-4H3,(H,35,43)(H,36,44)(H,37,45)(H,38,46)(H,39,42)(H,40,47). The summed E-state index contributed by atoms with van der Waals surface area (Å²) >= 11 is 1.14. The summed E-state index contributed by atoms with van der Waals surface area (Å²) < 4.78 is 28.6. The molecule has 20 nitrogen and oxygen atoms in total. The predicted molar refractivity (Wildman–Crippen MR) is 199 cm³/mol. The molecule has 0 bridgehead atoms. The summed E-state index contributed by atoms with van der Waals surface area (Å²) in [5.41, 5.74) is -1.27. The van der Waals surface area contributed by atoms with Gasteiger partial charge in [-0.3, -0.25) is 28.8 Å². The summed E-state index contributed by atoms with van der Waals surface area (Å²) in [5, 5.41) is 46.1. The molecule has 1 heterocycles. The van der Waals surface area contributed by atoms with E-state index in [1.807, 2.05) is 0 Å². The minimum atomic E-state index is -1.45. The zero-order chi connectivity index (χ0) is 41.1. The second-order valence-corrected chi connectivity index (χ2v) is 13.5. The molecule has 5 unspecified atom stereocenters. The molecule has 1 saturated heterocycles. The highest BCUT2D eigenvalue weighted by molar-refractivity contribution is 7.99. The summed E-state index contributed by atoms with van der Waals surface area (Å²) in [6, 6.07) is -1.09. The van der Waals surface area contributed by atoms with Crippen molar-refractivity contribution in [2.24, 2.45) is 0 Å². The smallest absolute Gasteiger partial charge is 0.222 e. The van der Waals surface area contributed by atoms with E-state index in [0.29, 0.717) is 19.6 Å². The van der Waals surface area contributed by atoms with Crippen molar-refractivity contribution in [1.82, 2.24) is 31.9 Å². The lowest BCUT2D eigenvalue weighted by Gasteiger charge is -2.42. The van der Waals surface area contributed by atoms with Crippen LogP contribution in [-0.4, -0.2) is 165 Å². The van der Waals surface area contributed by atoms with Gasteiger partial charge in [0.1, 0.15) is 29.9 Å². The van der Waals surface area contributed by atoms with Crippen LogP contribution in [0.2, 0.25) is 0 Å². The van der Waals surface area contributed by atoms with Gasteiger partial charge in [0.05, 0.1) is 58.1 Å². The van der Waals surface area contributed by atoms with Gasteiger partial charge in [-0.2, -0.15) is 0 Å². The molecule has 21 heteroatoms. The van der Waals surface area contributed by atoms with Crippen LogP contribution >= 0.6 is 11.8 Å². The molecule has 1 rings (SSSR count). The highest BCUT2D eigenvalue weighted by atomic mass is 32.2. The van der Waals surface area contributed by atoms with Crippen LogP contribution in [0.25, 0.3) is 0 Å². The Morgan fingerprint density at radius 3 is 1.64 bits per heavy atom. The molecule has 9 N–H and O–H groups in total. The monoisotopic (exact) mass is 810 g/mol. The number of hydrogen-bond donors (Lipinski definition) is 9. The third-order valence-electron chi connectivity index (χ3n) is 7.83. The molecule has 6 amide bonds. The molecule has 0 aromatic carbocycles. The number of ether oxygens (including phenoxy) is 5. The quantitative estimate of drug-likeness (QED) is 0.0265. The largest absolute Gasteiger partial charge is 0.394 e. The Bertz CT molecular complexity index is 1150. The molecular formula is C34H62N6O14S. The van der Waals surface area contributed by atoms with Crippen LogP contribution in [0.3, 0.4) is 0 Å². The van der Waals surface area contributed by atoms with E-state index in [4.69, 9.17) is 23.7 Å². The number of aliphatic hydroxyl groups excluding tert-OH is 3. The van der Waals surface area contributed by atoms with Gasteiger partial charge >= 0.3 is 0 Å². The van der Waals surface area contributed by atoms with E-state index in [2.05, 4.69) is 31.9 Å². The SMILES string of the molecule is CCNC(=O)CCCC(=O)NC(COCCC(=O)NCC)(COCCC(=O)NCC)COCCC(=O)NCSCOC1OC(CO)C(O)C(O)C1NC(C)=O. The van der Waals surface area contributed by atoms with Crippen molar-refractivity contribution >= 4 is 47.2 Å². The maximum absolute atomic E-state index is 13.1. The van der Waals surface area contributed by atoms with Crippen molar-refractivity contribution in [1.29, 1.82) is 0 Å². The highest BCUT2D eigenvalue weighted by Gasteiger charge is 2.45. The number of amides is 6. The van der Waals surface area contributed by atoms with Crippen LogP contribution < -0.4 is 31.9 Å². The molecule has 0 radical (unpaired) electrons. The lowest BCUT2D eigenvalue weighted by atomic mass is 9.97. The topological polar surface area (TPSA) is 281 Å². The third kappa shape index (κ3) is 21.7. The van der Waals surface area contributed by atoms with Gasteiger partial charge < -0.3 is 70.9 Å². The summed E-state index contributed by atoms with van der Waals surface area (Å²) in [6.45, 7) is 7.03. The van der Waals surface area contributed by atoms with E-state index in [1.165, 1.54) is 6.92 Å². The van der Waals surface area contributed by atoms with Gasteiger partial charge in [0.25, 0.3) is 0 Å². The number of hydrogen-bond acceptors (Lipinski definition) is 15. The number of carbonyl (C=O) groups is 6. The van der Waals surface area contributed by atoms with Crippen molar-refractivity contribution in [2.45, 2.75) is 102 Å². The first-order valence-corrected chi connectivity index (χ1v) is 19.7. The summed E-state index contributed by atoms with van der Waals surface area (Å²) in [7, 11) is 0. The number of thioether (sulfide) groups is 1. The van der Waals surface area contributed by atoms with E-state index in [1.54, 1.807) is 20.8 Å². The first-order chi connectivity index (χ1) is 26.3. The average Bonchev–Trinajstić information content (AvgIpc) is 3.13. The third-order valence-corrected chi connectivity index (χ3v) is 8.48. The van der Waals surface area contributed by atoms with E-state index in [9.17, 15) is 44.1 Å². The van der Waals surface area contributed by atoms with Gasteiger partial charge in [0, 0.05) is 58.7 Å². The van der Waals surface area contributed by atoms with Crippen LogP contribution in [0.5, 0.6) is 0 Å². The molecular weight excluding hydrogens is 748 g/mol. The van der Waals surface area contributed by atoms with Gasteiger partial charge in [0.15, 0.2) is 6.29 Å². The van der Waals surface area contributed by atoms with Crippen molar-refractivity contribution < 1.29 is 67.8 Å². The predicted octanol–water partition coefficient (Wildman–Crippen LogP) is -2.64. The van der Waals surface area contributed by atoms with Crippen molar-refractivity contribution in [3.63, 3.8) is 0 Å². The van der Waals surface area contributed by atoms with E-state index >= 15 is 0 Å². The molecule has 5 atom stereocenters. The van der Waals surface area contributed by atoms with Crippen LogP contribution in [0.4, 0.5) is 0 Å². The molecule has 0 spiro atoms. The first-order valence-electron chi connectivity index (χ1n) is 18.5. The van der Waals surface area contributed by atoms with Crippen LogP contribution in [-0.2, 0) is 52.5 Å². The second kappa shape index (κ2) is 29.1. The zero-order valence-electron chi connectivity index (χ0n) is 32.4. The van der Waals surface area contributed by atoms with Crippen molar-refractivity contribution in [3.05, 3.63) is 0 Å². The van der Waals surface area contributed by atoms with Crippen LogP contribution in [0.1, 0.15) is 66.2 Å². The van der Waals surface area contributed by atoms with Crippen LogP contribution in [0, 0.1) is 0 Å². The van der Waals surface area contributed by atoms with E-state index in [-0.39, 0.29) is 114 Å². The Kier molecular flexibility index (Phi) is 26.4. The number of nitrogens with one attached hydrogen (secondary N) is 6. The Balaban J connectivity index is 2.80. The minimum absolute atomic E-state index is 0.0196. The summed E-state index contributed by atoms with van der Waals surface area (Å²) in [4.78, 5) is 73.1.